The van der Waals surface area contributed by atoms with Gasteiger partial charge in [0.05, 0.1) is 0 Å². The zero-order valence-corrected chi connectivity index (χ0v) is 43.5. The van der Waals surface area contributed by atoms with Crippen LogP contribution in [0.3, 0.4) is 0 Å². The number of hydrogen-bond acceptors (Lipinski definition) is 6. The Morgan fingerprint density at radius 1 is 0.292 bits per heavy atom. The first kappa shape index (κ1) is 62.6. The van der Waals surface area contributed by atoms with Crippen LogP contribution in [0.25, 0.3) is 0 Å². The van der Waals surface area contributed by atoms with Gasteiger partial charge in [-0.1, -0.05) is 231 Å². The van der Waals surface area contributed by atoms with Crippen LogP contribution in [-0.2, 0) is 28.6 Å². The van der Waals surface area contributed by atoms with E-state index in [0.29, 0.717) is 19.3 Å². The summed E-state index contributed by atoms with van der Waals surface area (Å²) in [4.78, 5) is 38.1. The van der Waals surface area contributed by atoms with E-state index in [1.54, 1.807) is 0 Å². The van der Waals surface area contributed by atoms with Gasteiger partial charge in [0.2, 0.25) is 0 Å². The molecule has 0 fully saturated rings. The highest BCUT2D eigenvalue weighted by Gasteiger charge is 2.19. The molecule has 0 aliphatic heterocycles. The molecule has 0 heterocycles. The first-order chi connectivity index (χ1) is 32.0. The van der Waals surface area contributed by atoms with Crippen molar-refractivity contribution in [2.24, 2.45) is 0 Å². The minimum absolute atomic E-state index is 0.0758. The highest BCUT2D eigenvalue weighted by atomic mass is 16.6. The number of allylic oxidation sites excluding steroid dienone is 6. The van der Waals surface area contributed by atoms with Crippen LogP contribution in [0.15, 0.2) is 36.5 Å². The molecule has 0 rings (SSSR count). The summed E-state index contributed by atoms with van der Waals surface area (Å²) < 4.78 is 16.8. The number of rotatable bonds is 52. The van der Waals surface area contributed by atoms with Gasteiger partial charge in [0.15, 0.2) is 6.10 Å². The maximum Gasteiger partial charge on any atom is 0.306 e. The Kier molecular flexibility index (Phi) is 52.3. The van der Waals surface area contributed by atoms with E-state index in [1.807, 2.05) is 0 Å². The summed E-state index contributed by atoms with van der Waals surface area (Å²) >= 11 is 0. The van der Waals surface area contributed by atoms with Gasteiger partial charge in [-0.2, -0.15) is 0 Å². The lowest BCUT2D eigenvalue weighted by atomic mass is 10.1. The normalized spacial score (nSPS) is 12.2. The monoisotopic (exact) mass is 913 g/mol. The maximum absolute atomic E-state index is 12.8. The minimum Gasteiger partial charge on any atom is -0.462 e. The first-order valence-electron chi connectivity index (χ1n) is 28.5. The quantitative estimate of drug-likeness (QED) is 0.0262. The standard InChI is InChI=1S/C59H108O6/c1-4-7-10-13-16-19-22-24-26-28-29-31-33-35-38-41-44-47-50-53-59(62)65-56(54-63-57(60)51-48-45-42-39-36-21-18-15-12-9-6-3)55-64-58(61)52-49-46-43-40-37-34-32-30-27-25-23-20-17-14-11-8-5-2/h15,18,24-27,56H,4-14,16-17,19-23,28-55H2,1-3H3/b18-15-,26-24-,27-25-/t56-/m0/s1. The van der Waals surface area contributed by atoms with Gasteiger partial charge in [-0.25, -0.2) is 0 Å². The number of hydrogen-bond donors (Lipinski definition) is 0. The number of unbranched alkanes of at least 4 members (excludes halogenated alkanes) is 35. The van der Waals surface area contributed by atoms with Crippen molar-refractivity contribution in [3.63, 3.8) is 0 Å². The Bertz CT molecular complexity index is 1090. The number of carbonyl (C=O) groups is 3. The number of carbonyl (C=O) groups excluding carboxylic acids is 3. The number of ether oxygens (including phenoxy) is 3. The van der Waals surface area contributed by atoms with E-state index in [4.69, 9.17) is 14.2 Å². The Morgan fingerprint density at radius 3 is 0.815 bits per heavy atom. The van der Waals surface area contributed by atoms with Crippen LogP contribution < -0.4 is 0 Å². The van der Waals surface area contributed by atoms with Crippen molar-refractivity contribution >= 4 is 17.9 Å². The maximum atomic E-state index is 12.8. The third-order valence-electron chi connectivity index (χ3n) is 12.6. The third-order valence-corrected chi connectivity index (χ3v) is 12.6. The molecule has 0 aromatic rings. The smallest absolute Gasteiger partial charge is 0.306 e. The van der Waals surface area contributed by atoms with Crippen molar-refractivity contribution in [3.8, 4) is 0 Å². The number of esters is 3. The van der Waals surface area contributed by atoms with Crippen LogP contribution in [-0.4, -0.2) is 37.2 Å². The SMILES string of the molecule is CCCC/C=C\CCCCCCCC(=O)OC[C@@H](COC(=O)CCCCCCCCC/C=C\CCCCCCCC)OC(=O)CCCCCCCCCCC/C=C\CCCCCCCC. The van der Waals surface area contributed by atoms with E-state index in [1.165, 1.54) is 199 Å². The summed E-state index contributed by atoms with van der Waals surface area (Å²) in [5.41, 5.74) is 0. The van der Waals surface area contributed by atoms with Gasteiger partial charge in [0, 0.05) is 19.3 Å². The third kappa shape index (κ3) is 52.5. The highest BCUT2D eigenvalue weighted by molar-refractivity contribution is 5.71. The molecule has 0 spiro atoms. The van der Waals surface area contributed by atoms with Crippen LogP contribution >= 0.6 is 0 Å². The molecule has 0 radical (unpaired) electrons. The largest absolute Gasteiger partial charge is 0.462 e. The molecule has 0 saturated heterocycles. The van der Waals surface area contributed by atoms with Gasteiger partial charge in [0.25, 0.3) is 0 Å². The van der Waals surface area contributed by atoms with Crippen LogP contribution in [0, 0.1) is 0 Å². The average molecular weight is 914 g/mol. The summed E-state index contributed by atoms with van der Waals surface area (Å²) in [7, 11) is 0. The van der Waals surface area contributed by atoms with Gasteiger partial charge < -0.3 is 14.2 Å². The molecule has 1 atom stereocenters. The summed E-state index contributed by atoms with van der Waals surface area (Å²) in [5, 5.41) is 0. The molecule has 0 N–H and O–H groups in total. The lowest BCUT2D eigenvalue weighted by Crippen LogP contribution is -2.30. The molecule has 0 saturated carbocycles. The molecule has 0 unspecified atom stereocenters. The van der Waals surface area contributed by atoms with E-state index in [-0.39, 0.29) is 31.1 Å². The molecule has 0 bridgehead atoms. The molecule has 380 valence electrons. The fourth-order valence-electron chi connectivity index (χ4n) is 8.24. The molecular weight excluding hydrogens is 805 g/mol. The minimum atomic E-state index is -0.776. The topological polar surface area (TPSA) is 78.9 Å². The zero-order chi connectivity index (χ0) is 47.2. The first-order valence-corrected chi connectivity index (χ1v) is 28.5. The second-order valence-corrected chi connectivity index (χ2v) is 19.2. The predicted molar refractivity (Wildman–Crippen MR) is 279 cm³/mol. The van der Waals surface area contributed by atoms with Gasteiger partial charge in [-0.15, -0.1) is 0 Å². The van der Waals surface area contributed by atoms with Crippen LogP contribution in [0.5, 0.6) is 0 Å². The van der Waals surface area contributed by atoms with E-state index < -0.39 is 6.10 Å². The van der Waals surface area contributed by atoms with Gasteiger partial charge in [0.1, 0.15) is 13.2 Å². The highest BCUT2D eigenvalue weighted by Crippen LogP contribution is 2.16. The molecule has 65 heavy (non-hydrogen) atoms. The van der Waals surface area contributed by atoms with Crippen molar-refractivity contribution in [2.75, 3.05) is 13.2 Å². The average Bonchev–Trinajstić information content (AvgIpc) is 3.30. The summed E-state index contributed by atoms with van der Waals surface area (Å²) in [6, 6.07) is 0. The van der Waals surface area contributed by atoms with Crippen LogP contribution in [0.4, 0.5) is 0 Å². The Morgan fingerprint density at radius 2 is 0.523 bits per heavy atom. The van der Waals surface area contributed by atoms with E-state index >= 15 is 0 Å². The Balaban J connectivity index is 4.32. The summed E-state index contributed by atoms with van der Waals surface area (Å²) in [5.74, 6) is -0.878. The zero-order valence-electron chi connectivity index (χ0n) is 43.5. The molecule has 0 aliphatic rings. The second kappa shape index (κ2) is 54.2. The van der Waals surface area contributed by atoms with Crippen molar-refractivity contribution in [3.05, 3.63) is 36.5 Å². The summed E-state index contributed by atoms with van der Waals surface area (Å²) in [6.07, 6.45) is 64.2. The van der Waals surface area contributed by atoms with Crippen molar-refractivity contribution < 1.29 is 28.6 Å². The lowest BCUT2D eigenvalue weighted by Gasteiger charge is -2.18. The van der Waals surface area contributed by atoms with Crippen LogP contribution in [0.1, 0.15) is 303 Å². The fraction of sp³-hybridized carbons (Fsp3) is 0.847. The Labute approximate surface area is 404 Å². The van der Waals surface area contributed by atoms with E-state index in [9.17, 15) is 14.4 Å². The van der Waals surface area contributed by atoms with Crippen molar-refractivity contribution in [2.45, 2.75) is 309 Å². The van der Waals surface area contributed by atoms with E-state index in [0.717, 1.165) is 64.2 Å². The van der Waals surface area contributed by atoms with Gasteiger partial charge >= 0.3 is 17.9 Å². The predicted octanol–water partition coefficient (Wildman–Crippen LogP) is 18.9. The van der Waals surface area contributed by atoms with Gasteiger partial charge in [-0.05, 0) is 89.9 Å². The van der Waals surface area contributed by atoms with Gasteiger partial charge in [-0.3, -0.25) is 14.4 Å². The molecule has 0 aliphatic carbocycles. The molecule has 0 aromatic carbocycles. The molecule has 6 nitrogen and oxygen atoms in total. The molecular formula is C59H108O6. The molecule has 0 aromatic heterocycles. The van der Waals surface area contributed by atoms with E-state index in [2.05, 4.69) is 57.2 Å². The van der Waals surface area contributed by atoms with Crippen molar-refractivity contribution in [1.29, 1.82) is 0 Å². The lowest BCUT2D eigenvalue weighted by molar-refractivity contribution is -0.167. The van der Waals surface area contributed by atoms with Crippen molar-refractivity contribution in [1.82, 2.24) is 0 Å². The van der Waals surface area contributed by atoms with Crippen LogP contribution in [0.2, 0.25) is 0 Å². The fourth-order valence-corrected chi connectivity index (χ4v) is 8.24. The molecule has 6 heteroatoms. The summed E-state index contributed by atoms with van der Waals surface area (Å²) in [6.45, 7) is 6.61. The Hall–Kier alpha value is -2.37. The second-order valence-electron chi connectivity index (χ2n) is 19.2. The molecule has 0 amide bonds.